The van der Waals surface area contributed by atoms with Gasteiger partial charge in [0.25, 0.3) is 0 Å². The van der Waals surface area contributed by atoms with Crippen molar-refractivity contribution in [1.29, 1.82) is 0 Å². The third-order valence-corrected chi connectivity index (χ3v) is 3.96. The van der Waals surface area contributed by atoms with Crippen molar-refractivity contribution in [2.75, 3.05) is 7.05 Å². The van der Waals surface area contributed by atoms with Crippen molar-refractivity contribution in [2.45, 2.75) is 58.0 Å². The Bertz CT molecular complexity index is 446. The Balaban J connectivity index is 0.00000220. The number of hydrogen-bond acceptors (Lipinski definition) is 5. The van der Waals surface area contributed by atoms with E-state index in [-0.39, 0.29) is 24.4 Å². The molecule has 1 aromatic heterocycles. The number of amides is 1. The molecule has 6 nitrogen and oxygen atoms in total. The molecule has 0 radical (unpaired) electrons. The van der Waals surface area contributed by atoms with Crippen LogP contribution in [0.25, 0.3) is 0 Å². The van der Waals surface area contributed by atoms with E-state index in [9.17, 15) is 4.79 Å². The molecule has 2 N–H and O–H groups in total. The van der Waals surface area contributed by atoms with Gasteiger partial charge in [0.1, 0.15) is 6.04 Å². The van der Waals surface area contributed by atoms with Crippen molar-refractivity contribution < 1.29 is 9.32 Å². The summed E-state index contributed by atoms with van der Waals surface area (Å²) in [6.45, 7) is 3.60. The number of nitrogens with one attached hydrogen (secondary N) is 2. The number of aromatic nitrogens is 2. The van der Waals surface area contributed by atoms with Gasteiger partial charge >= 0.3 is 0 Å². The molecule has 0 spiro atoms. The van der Waals surface area contributed by atoms with Crippen LogP contribution in [0.5, 0.6) is 0 Å². The van der Waals surface area contributed by atoms with Gasteiger partial charge in [-0.1, -0.05) is 18.0 Å². The average molecular weight is 317 g/mol. The fourth-order valence-corrected chi connectivity index (χ4v) is 2.74. The van der Waals surface area contributed by atoms with Gasteiger partial charge in [-0.25, -0.2) is 0 Å². The molecule has 1 heterocycles. The molecule has 1 amide bonds. The van der Waals surface area contributed by atoms with Crippen LogP contribution in [0.2, 0.25) is 0 Å². The molecule has 120 valence electrons. The lowest BCUT2D eigenvalue weighted by Crippen LogP contribution is -2.31. The third-order valence-electron chi connectivity index (χ3n) is 3.96. The molecule has 2 unspecified atom stereocenters. The summed E-state index contributed by atoms with van der Waals surface area (Å²) in [6, 6.07) is 0.160. The highest BCUT2D eigenvalue weighted by atomic mass is 35.5. The van der Waals surface area contributed by atoms with Gasteiger partial charge in [-0.05, 0) is 32.7 Å². The molecule has 0 saturated heterocycles. The quantitative estimate of drug-likeness (QED) is 0.839. The Morgan fingerprint density at radius 2 is 2.10 bits per heavy atom. The zero-order chi connectivity index (χ0) is 14.5. The second-order valence-corrected chi connectivity index (χ2v) is 5.67. The highest BCUT2D eigenvalue weighted by Crippen LogP contribution is 2.35. The number of halogens is 1. The molecule has 2 rings (SSSR count). The molecule has 0 aliphatic heterocycles. The van der Waals surface area contributed by atoms with E-state index in [0.717, 1.165) is 19.3 Å². The van der Waals surface area contributed by atoms with E-state index in [1.54, 1.807) is 0 Å². The lowest BCUT2D eigenvalue weighted by Gasteiger charge is -2.20. The number of hydrogen-bond donors (Lipinski definition) is 2. The first kappa shape index (κ1) is 17.9. The highest BCUT2D eigenvalue weighted by molar-refractivity contribution is 5.85. The number of carbonyl (C=O) groups is 1. The van der Waals surface area contributed by atoms with Crippen molar-refractivity contribution in [3.8, 4) is 0 Å². The SMILES string of the molecule is CNC(C)Cc1noc(C(NC(C)=O)C2CCCC2)n1.Cl. The summed E-state index contributed by atoms with van der Waals surface area (Å²) in [5.41, 5.74) is 0. The lowest BCUT2D eigenvalue weighted by molar-refractivity contribution is -0.120. The number of carbonyl (C=O) groups excluding carboxylic acids is 1. The molecule has 1 aliphatic rings. The van der Waals surface area contributed by atoms with Crippen molar-refractivity contribution in [3.05, 3.63) is 11.7 Å². The Labute approximate surface area is 131 Å². The van der Waals surface area contributed by atoms with Gasteiger partial charge in [-0.15, -0.1) is 12.4 Å². The van der Waals surface area contributed by atoms with E-state index >= 15 is 0 Å². The smallest absolute Gasteiger partial charge is 0.249 e. The van der Waals surface area contributed by atoms with Crippen LogP contribution in [-0.4, -0.2) is 29.1 Å². The minimum absolute atomic E-state index is 0. The standard InChI is InChI=1S/C14H24N4O2.ClH/c1-9(15-3)8-12-17-14(20-18-12)13(16-10(2)19)11-6-4-5-7-11;/h9,11,13,15H,4-8H2,1-3H3,(H,16,19);1H. The van der Waals surface area contributed by atoms with Gasteiger partial charge in [-0.3, -0.25) is 4.79 Å². The Morgan fingerprint density at radius 3 is 2.67 bits per heavy atom. The molecule has 1 aromatic rings. The van der Waals surface area contributed by atoms with E-state index in [2.05, 4.69) is 27.7 Å². The minimum atomic E-state index is -0.138. The summed E-state index contributed by atoms with van der Waals surface area (Å²) >= 11 is 0. The van der Waals surface area contributed by atoms with Gasteiger partial charge in [-0.2, -0.15) is 4.98 Å². The van der Waals surface area contributed by atoms with Crippen molar-refractivity contribution >= 4 is 18.3 Å². The van der Waals surface area contributed by atoms with Crippen LogP contribution in [0.15, 0.2) is 4.52 Å². The van der Waals surface area contributed by atoms with E-state index in [0.29, 0.717) is 23.7 Å². The zero-order valence-electron chi connectivity index (χ0n) is 12.9. The molecular weight excluding hydrogens is 292 g/mol. The summed E-state index contributed by atoms with van der Waals surface area (Å²) in [7, 11) is 1.91. The van der Waals surface area contributed by atoms with Crippen LogP contribution in [0.1, 0.15) is 57.3 Å². The Kier molecular flexibility index (Phi) is 7.11. The second kappa shape index (κ2) is 8.34. The first-order chi connectivity index (χ1) is 9.60. The van der Waals surface area contributed by atoms with Crippen LogP contribution < -0.4 is 10.6 Å². The normalized spacial score (nSPS) is 18.0. The van der Waals surface area contributed by atoms with Gasteiger partial charge in [0.15, 0.2) is 5.82 Å². The molecule has 21 heavy (non-hydrogen) atoms. The molecule has 1 saturated carbocycles. The number of likely N-dealkylation sites (N-methyl/N-ethyl adjacent to an activating group) is 1. The summed E-state index contributed by atoms with van der Waals surface area (Å²) in [6.07, 6.45) is 5.35. The maximum Gasteiger partial charge on any atom is 0.249 e. The fraction of sp³-hybridized carbons (Fsp3) is 0.786. The molecular formula is C14H25ClN4O2. The number of nitrogens with zero attached hydrogens (tertiary/aromatic N) is 2. The van der Waals surface area contributed by atoms with Crippen molar-refractivity contribution in [1.82, 2.24) is 20.8 Å². The first-order valence-corrected chi connectivity index (χ1v) is 7.37. The van der Waals surface area contributed by atoms with Gasteiger partial charge < -0.3 is 15.2 Å². The minimum Gasteiger partial charge on any atom is -0.344 e. The van der Waals surface area contributed by atoms with Crippen molar-refractivity contribution in [3.63, 3.8) is 0 Å². The van der Waals surface area contributed by atoms with E-state index < -0.39 is 0 Å². The van der Waals surface area contributed by atoms with Crippen LogP contribution in [0, 0.1) is 5.92 Å². The molecule has 7 heteroatoms. The molecule has 1 aliphatic carbocycles. The Morgan fingerprint density at radius 1 is 1.43 bits per heavy atom. The summed E-state index contributed by atoms with van der Waals surface area (Å²) < 4.78 is 5.38. The topological polar surface area (TPSA) is 80.0 Å². The summed E-state index contributed by atoms with van der Waals surface area (Å²) in [5.74, 6) is 1.60. The van der Waals surface area contributed by atoms with Crippen molar-refractivity contribution in [2.24, 2.45) is 5.92 Å². The molecule has 0 bridgehead atoms. The Hall–Kier alpha value is -1.14. The predicted molar refractivity (Wildman–Crippen MR) is 82.3 cm³/mol. The van der Waals surface area contributed by atoms with E-state index in [1.807, 2.05) is 7.05 Å². The van der Waals surface area contributed by atoms with Gasteiger partial charge in [0.2, 0.25) is 11.8 Å². The van der Waals surface area contributed by atoms with Crippen LogP contribution >= 0.6 is 12.4 Å². The van der Waals surface area contributed by atoms with Gasteiger partial charge in [0.05, 0.1) is 0 Å². The fourth-order valence-electron chi connectivity index (χ4n) is 2.74. The molecule has 0 aromatic carbocycles. The van der Waals surface area contributed by atoms with E-state index in [1.165, 1.54) is 19.8 Å². The largest absolute Gasteiger partial charge is 0.344 e. The summed E-state index contributed by atoms with van der Waals surface area (Å²) in [4.78, 5) is 15.9. The maximum atomic E-state index is 11.4. The maximum absolute atomic E-state index is 11.4. The van der Waals surface area contributed by atoms with Crippen LogP contribution in [0.3, 0.4) is 0 Å². The van der Waals surface area contributed by atoms with Crippen LogP contribution in [-0.2, 0) is 11.2 Å². The third kappa shape index (κ3) is 4.97. The number of rotatable bonds is 6. The van der Waals surface area contributed by atoms with Crippen LogP contribution in [0.4, 0.5) is 0 Å². The lowest BCUT2D eigenvalue weighted by atomic mass is 9.98. The van der Waals surface area contributed by atoms with E-state index in [4.69, 9.17) is 4.52 Å². The average Bonchev–Trinajstić information content (AvgIpc) is 3.07. The predicted octanol–water partition coefficient (Wildman–Crippen LogP) is 2.01. The first-order valence-electron chi connectivity index (χ1n) is 7.37. The van der Waals surface area contributed by atoms with Gasteiger partial charge in [0, 0.05) is 19.4 Å². The highest BCUT2D eigenvalue weighted by Gasteiger charge is 2.31. The molecule has 1 fully saturated rings. The zero-order valence-corrected chi connectivity index (χ0v) is 13.7. The second-order valence-electron chi connectivity index (χ2n) is 5.67. The monoisotopic (exact) mass is 316 g/mol. The molecule has 2 atom stereocenters. The summed E-state index contributed by atoms with van der Waals surface area (Å²) in [5, 5.41) is 10.1.